The molecule has 0 unspecified atom stereocenters. The Morgan fingerprint density at radius 1 is 1.00 bits per heavy atom. The average Bonchev–Trinajstić information content (AvgIpc) is 2.90. The van der Waals surface area contributed by atoms with Crippen molar-refractivity contribution in [3.05, 3.63) is 36.4 Å². The molecular weight excluding hydrogens is 320 g/mol. The minimum atomic E-state index is 0.834. The molecule has 0 bridgehead atoms. The van der Waals surface area contributed by atoms with E-state index >= 15 is 0 Å². The highest BCUT2D eigenvalue weighted by molar-refractivity contribution is 7.80. The number of benzene rings is 2. The smallest absolute Gasteiger partial charge is 0.120 e. The predicted octanol–water partition coefficient (Wildman–Crippen LogP) is 4.14. The predicted molar refractivity (Wildman–Crippen MR) is 103 cm³/mol. The number of thiocarbonyl (C=S) groups is 1. The summed E-state index contributed by atoms with van der Waals surface area (Å²) in [7, 11) is 3.40. The molecule has 0 spiro atoms. The number of hydrogen-bond acceptors (Lipinski definition) is 3. The van der Waals surface area contributed by atoms with Crippen LogP contribution in [0.4, 0.5) is 0 Å². The van der Waals surface area contributed by atoms with Crippen LogP contribution in [0, 0.1) is 0 Å². The quantitative estimate of drug-likeness (QED) is 0.539. The van der Waals surface area contributed by atoms with E-state index in [1.807, 2.05) is 19.1 Å². The number of nitrogens with one attached hydrogen (secondary N) is 1. The zero-order valence-corrected chi connectivity index (χ0v) is 15.1. The second kappa shape index (κ2) is 7.09. The Morgan fingerprint density at radius 2 is 1.54 bits per heavy atom. The monoisotopic (exact) mass is 342 g/mol. The second-order valence-corrected chi connectivity index (χ2v) is 6.37. The molecule has 126 valence electrons. The van der Waals surface area contributed by atoms with E-state index in [9.17, 15) is 0 Å². The van der Waals surface area contributed by atoms with Crippen molar-refractivity contribution in [2.45, 2.75) is 19.9 Å². The third-order valence-corrected chi connectivity index (χ3v) is 4.36. The van der Waals surface area contributed by atoms with E-state index in [1.54, 1.807) is 14.2 Å². The van der Waals surface area contributed by atoms with Crippen molar-refractivity contribution in [3.63, 3.8) is 0 Å². The summed E-state index contributed by atoms with van der Waals surface area (Å²) in [6.45, 7) is 3.67. The molecular formula is C19H22N2O2S. The zero-order chi connectivity index (χ0) is 17.1. The zero-order valence-electron chi connectivity index (χ0n) is 14.3. The first-order valence-electron chi connectivity index (χ1n) is 8.02. The van der Waals surface area contributed by atoms with Crippen molar-refractivity contribution >= 4 is 39.0 Å². The van der Waals surface area contributed by atoms with Gasteiger partial charge in [0.15, 0.2) is 0 Å². The Balaban J connectivity index is 2.07. The maximum absolute atomic E-state index is 5.41. The van der Waals surface area contributed by atoms with Crippen LogP contribution in [0.25, 0.3) is 21.8 Å². The molecule has 0 fully saturated rings. The maximum Gasteiger partial charge on any atom is 0.120 e. The lowest BCUT2D eigenvalue weighted by Crippen LogP contribution is -2.20. The Kier molecular flexibility index (Phi) is 4.90. The third kappa shape index (κ3) is 3.17. The van der Waals surface area contributed by atoms with E-state index in [-0.39, 0.29) is 0 Å². The van der Waals surface area contributed by atoms with Crippen LogP contribution in [-0.4, -0.2) is 30.3 Å². The van der Waals surface area contributed by atoms with Gasteiger partial charge in [-0.05, 0) is 37.6 Å². The highest BCUT2D eigenvalue weighted by Gasteiger charge is 2.12. The summed E-state index contributed by atoms with van der Waals surface area (Å²) in [6, 6.07) is 12.5. The van der Waals surface area contributed by atoms with E-state index in [0.717, 1.165) is 36.0 Å². The Hall–Kier alpha value is -2.27. The van der Waals surface area contributed by atoms with Crippen molar-refractivity contribution in [2.75, 3.05) is 20.8 Å². The van der Waals surface area contributed by atoms with Gasteiger partial charge in [-0.1, -0.05) is 12.2 Å². The fraction of sp³-hybridized carbons (Fsp3) is 0.316. The summed E-state index contributed by atoms with van der Waals surface area (Å²) < 4.78 is 13.1. The highest BCUT2D eigenvalue weighted by atomic mass is 32.1. The molecule has 0 atom stereocenters. The number of rotatable bonds is 6. The van der Waals surface area contributed by atoms with E-state index in [1.165, 1.54) is 21.8 Å². The number of fused-ring (bicyclic) bond motifs is 3. The van der Waals surface area contributed by atoms with Crippen LogP contribution in [0.5, 0.6) is 11.5 Å². The van der Waals surface area contributed by atoms with E-state index in [2.05, 4.69) is 34.1 Å². The van der Waals surface area contributed by atoms with Gasteiger partial charge in [-0.25, -0.2) is 0 Å². The van der Waals surface area contributed by atoms with Gasteiger partial charge in [0.25, 0.3) is 0 Å². The topological polar surface area (TPSA) is 35.4 Å². The van der Waals surface area contributed by atoms with Crippen LogP contribution in [0.1, 0.15) is 13.3 Å². The summed E-state index contributed by atoms with van der Waals surface area (Å²) in [5, 5.41) is 5.68. The molecule has 0 saturated carbocycles. The van der Waals surface area contributed by atoms with Crippen LogP contribution in [0.2, 0.25) is 0 Å². The van der Waals surface area contributed by atoms with E-state index in [0.29, 0.717) is 0 Å². The van der Waals surface area contributed by atoms with Crippen LogP contribution in [0.15, 0.2) is 36.4 Å². The van der Waals surface area contributed by atoms with Crippen LogP contribution >= 0.6 is 12.2 Å². The second-order valence-electron chi connectivity index (χ2n) is 5.75. The lowest BCUT2D eigenvalue weighted by Gasteiger charge is -2.10. The van der Waals surface area contributed by atoms with E-state index < -0.39 is 0 Å². The maximum atomic E-state index is 5.41. The van der Waals surface area contributed by atoms with Gasteiger partial charge < -0.3 is 19.4 Å². The minimum Gasteiger partial charge on any atom is -0.497 e. The first-order chi connectivity index (χ1) is 11.6. The lowest BCUT2D eigenvalue weighted by atomic mass is 10.1. The molecule has 0 aliphatic carbocycles. The van der Waals surface area contributed by atoms with Gasteiger partial charge in [0, 0.05) is 36.0 Å². The molecule has 0 saturated heterocycles. The lowest BCUT2D eigenvalue weighted by molar-refractivity contribution is 0.415. The molecule has 3 rings (SSSR count). The fourth-order valence-electron chi connectivity index (χ4n) is 3.05. The number of aryl methyl sites for hydroxylation is 1. The Morgan fingerprint density at radius 3 is 2.00 bits per heavy atom. The highest BCUT2D eigenvalue weighted by Crippen LogP contribution is 2.33. The number of aromatic nitrogens is 1. The van der Waals surface area contributed by atoms with Gasteiger partial charge in [-0.2, -0.15) is 0 Å². The van der Waals surface area contributed by atoms with Crippen molar-refractivity contribution < 1.29 is 9.47 Å². The molecule has 0 aliphatic heterocycles. The van der Waals surface area contributed by atoms with Crippen LogP contribution in [0.3, 0.4) is 0 Å². The number of methoxy groups -OCH3 is 2. The molecule has 4 nitrogen and oxygen atoms in total. The molecule has 0 amide bonds. The van der Waals surface area contributed by atoms with Gasteiger partial charge in [-0.15, -0.1) is 0 Å². The fourth-order valence-corrected chi connectivity index (χ4v) is 3.15. The first kappa shape index (κ1) is 16.6. The molecule has 1 aromatic heterocycles. The van der Waals surface area contributed by atoms with Crippen LogP contribution in [-0.2, 0) is 6.54 Å². The molecule has 1 N–H and O–H groups in total. The molecule has 5 heteroatoms. The van der Waals surface area contributed by atoms with Gasteiger partial charge in [0.05, 0.1) is 30.2 Å². The van der Waals surface area contributed by atoms with E-state index in [4.69, 9.17) is 21.7 Å². The summed E-state index contributed by atoms with van der Waals surface area (Å²) in [5.41, 5.74) is 2.35. The molecule has 0 aliphatic rings. The molecule has 0 radical (unpaired) electrons. The van der Waals surface area contributed by atoms with Gasteiger partial charge in [0.2, 0.25) is 0 Å². The summed E-state index contributed by atoms with van der Waals surface area (Å²) in [4.78, 5) is 0.834. The average molecular weight is 342 g/mol. The summed E-state index contributed by atoms with van der Waals surface area (Å²) in [6.07, 6.45) is 0.987. The minimum absolute atomic E-state index is 0.834. The number of ether oxygens (including phenoxy) is 2. The largest absolute Gasteiger partial charge is 0.497 e. The van der Waals surface area contributed by atoms with Gasteiger partial charge in [0.1, 0.15) is 11.5 Å². The third-order valence-electron chi connectivity index (χ3n) is 4.21. The molecule has 3 aromatic rings. The number of nitrogens with zero attached hydrogens (tertiary/aromatic N) is 1. The van der Waals surface area contributed by atoms with Crippen molar-refractivity contribution in [1.82, 2.24) is 9.88 Å². The molecule has 2 aromatic carbocycles. The standard InChI is InChI=1S/C19H22N2O2S/c1-13(24)20-9-4-10-21-18-11-14(22-2)5-7-16(18)17-8-6-15(23-3)12-19(17)21/h5-8,11-12H,4,9-10H2,1-3H3,(H,20,24). The van der Waals surface area contributed by atoms with Crippen molar-refractivity contribution in [1.29, 1.82) is 0 Å². The van der Waals surface area contributed by atoms with Crippen molar-refractivity contribution in [3.8, 4) is 11.5 Å². The SMILES string of the molecule is COc1ccc2c3ccc(OC)cc3n(CCCNC(C)=S)c2c1. The summed E-state index contributed by atoms with van der Waals surface area (Å²) >= 11 is 5.08. The van der Waals surface area contributed by atoms with Gasteiger partial charge >= 0.3 is 0 Å². The summed E-state index contributed by atoms with van der Waals surface area (Å²) in [5.74, 6) is 1.73. The van der Waals surface area contributed by atoms with Crippen LogP contribution < -0.4 is 14.8 Å². The van der Waals surface area contributed by atoms with Gasteiger partial charge in [-0.3, -0.25) is 0 Å². The molecule has 24 heavy (non-hydrogen) atoms. The number of hydrogen-bond donors (Lipinski definition) is 1. The normalized spacial score (nSPS) is 11.0. The Labute approximate surface area is 147 Å². The Bertz CT molecular complexity index is 825. The first-order valence-corrected chi connectivity index (χ1v) is 8.43. The molecule has 1 heterocycles. The van der Waals surface area contributed by atoms with Crippen molar-refractivity contribution in [2.24, 2.45) is 0 Å².